The van der Waals surface area contributed by atoms with Crippen molar-refractivity contribution in [2.24, 2.45) is 5.92 Å². The van der Waals surface area contributed by atoms with Crippen LogP contribution in [0.4, 0.5) is 5.69 Å². The van der Waals surface area contributed by atoms with Crippen LogP contribution in [0, 0.1) is 12.8 Å². The Kier molecular flexibility index (Phi) is 7.79. The number of nitrogens with one attached hydrogen (secondary N) is 2. The number of hydrogen-bond acceptors (Lipinski definition) is 4. The number of halogens is 1. The van der Waals surface area contributed by atoms with Gasteiger partial charge >= 0.3 is 5.97 Å². The predicted molar refractivity (Wildman–Crippen MR) is 113 cm³/mol. The molecule has 0 fully saturated rings. The first-order chi connectivity index (χ1) is 13.7. The number of anilines is 1. The molecule has 2 N–H and O–H groups in total. The van der Waals surface area contributed by atoms with Crippen molar-refractivity contribution in [1.82, 2.24) is 5.32 Å². The van der Waals surface area contributed by atoms with Gasteiger partial charge in [-0.15, -0.1) is 0 Å². The molecule has 2 rings (SSSR count). The molecular formula is C22H25ClN2O4. The van der Waals surface area contributed by atoms with Gasteiger partial charge in [0.25, 0.3) is 11.8 Å². The van der Waals surface area contributed by atoms with Crippen molar-refractivity contribution in [2.75, 3.05) is 5.32 Å². The van der Waals surface area contributed by atoms with E-state index in [-0.39, 0.29) is 16.5 Å². The number of rotatable bonds is 7. The number of ether oxygens (including phenoxy) is 1. The molecule has 6 nitrogen and oxygen atoms in total. The lowest BCUT2D eigenvalue weighted by Crippen LogP contribution is -2.47. The molecule has 154 valence electrons. The lowest BCUT2D eigenvalue weighted by Gasteiger charge is -2.23. The Hall–Kier alpha value is -2.86. The van der Waals surface area contributed by atoms with E-state index < -0.39 is 29.9 Å². The number of carbonyl (C=O) groups is 3. The molecule has 2 amide bonds. The Morgan fingerprint density at radius 1 is 0.966 bits per heavy atom. The van der Waals surface area contributed by atoms with Crippen molar-refractivity contribution in [1.29, 1.82) is 0 Å². The Morgan fingerprint density at radius 2 is 1.59 bits per heavy atom. The zero-order valence-corrected chi connectivity index (χ0v) is 17.6. The molecular weight excluding hydrogens is 392 g/mol. The number of amides is 2. The number of hydrogen-bond donors (Lipinski definition) is 2. The van der Waals surface area contributed by atoms with E-state index >= 15 is 0 Å². The van der Waals surface area contributed by atoms with Gasteiger partial charge in [0.1, 0.15) is 6.04 Å². The van der Waals surface area contributed by atoms with E-state index in [1.165, 1.54) is 6.92 Å². The van der Waals surface area contributed by atoms with Crippen molar-refractivity contribution in [3.8, 4) is 0 Å². The monoisotopic (exact) mass is 416 g/mol. The van der Waals surface area contributed by atoms with Gasteiger partial charge in [0, 0.05) is 5.69 Å². The molecule has 2 aromatic carbocycles. The molecule has 0 aliphatic rings. The van der Waals surface area contributed by atoms with Gasteiger partial charge in [0.2, 0.25) is 0 Å². The van der Waals surface area contributed by atoms with Crippen LogP contribution in [-0.2, 0) is 14.3 Å². The van der Waals surface area contributed by atoms with Crippen LogP contribution in [0.25, 0.3) is 0 Å². The van der Waals surface area contributed by atoms with Crippen LogP contribution < -0.4 is 10.6 Å². The molecule has 0 bridgehead atoms. The third-order valence-corrected chi connectivity index (χ3v) is 4.64. The summed E-state index contributed by atoms with van der Waals surface area (Å²) in [6.07, 6.45) is -1.03. The fourth-order valence-electron chi connectivity index (χ4n) is 2.54. The van der Waals surface area contributed by atoms with Crippen molar-refractivity contribution >= 4 is 35.1 Å². The Bertz CT molecular complexity index is 881. The highest BCUT2D eigenvalue weighted by atomic mass is 35.5. The normalized spacial score (nSPS) is 12.8. The van der Waals surface area contributed by atoms with Crippen LogP contribution >= 0.6 is 11.6 Å². The second-order valence-corrected chi connectivity index (χ2v) is 7.52. The minimum atomic E-state index is -1.03. The van der Waals surface area contributed by atoms with Crippen molar-refractivity contribution in [3.05, 3.63) is 64.7 Å². The van der Waals surface area contributed by atoms with Gasteiger partial charge in [-0.1, -0.05) is 55.3 Å². The first-order valence-corrected chi connectivity index (χ1v) is 9.70. The highest BCUT2D eigenvalue weighted by Gasteiger charge is 2.29. The van der Waals surface area contributed by atoms with Gasteiger partial charge in [0.15, 0.2) is 6.10 Å². The molecule has 0 heterocycles. The Morgan fingerprint density at radius 3 is 2.17 bits per heavy atom. The summed E-state index contributed by atoms with van der Waals surface area (Å²) < 4.78 is 5.30. The van der Waals surface area contributed by atoms with Crippen molar-refractivity contribution in [3.63, 3.8) is 0 Å². The lowest BCUT2D eigenvalue weighted by atomic mass is 10.0. The van der Waals surface area contributed by atoms with Crippen LogP contribution in [0.2, 0.25) is 5.02 Å². The Balaban J connectivity index is 2.01. The summed E-state index contributed by atoms with van der Waals surface area (Å²) in [7, 11) is 0. The van der Waals surface area contributed by atoms with Gasteiger partial charge < -0.3 is 15.4 Å². The highest BCUT2D eigenvalue weighted by Crippen LogP contribution is 2.16. The van der Waals surface area contributed by atoms with Gasteiger partial charge in [-0.25, -0.2) is 4.79 Å². The maximum Gasteiger partial charge on any atom is 0.329 e. The summed E-state index contributed by atoms with van der Waals surface area (Å²) in [5.74, 6) is -1.88. The van der Waals surface area contributed by atoms with E-state index in [9.17, 15) is 14.4 Å². The smallest absolute Gasteiger partial charge is 0.329 e. The van der Waals surface area contributed by atoms with Gasteiger partial charge in [-0.2, -0.15) is 0 Å². The summed E-state index contributed by atoms with van der Waals surface area (Å²) in [6.45, 7) is 6.97. The quantitative estimate of drug-likeness (QED) is 0.669. The molecule has 0 saturated heterocycles. The van der Waals surface area contributed by atoms with Crippen molar-refractivity contribution < 1.29 is 19.1 Å². The van der Waals surface area contributed by atoms with E-state index in [0.29, 0.717) is 5.69 Å². The van der Waals surface area contributed by atoms with Gasteiger partial charge in [0.05, 0.1) is 10.6 Å². The van der Waals surface area contributed by atoms with E-state index in [1.807, 2.05) is 19.1 Å². The average Bonchev–Trinajstić information content (AvgIpc) is 2.67. The largest absolute Gasteiger partial charge is 0.451 e. The molecule has 2 aromatic rings. The SMILES string of the molecule is Cc1ccc(NC(=O)[C@@H](C)OC(=O)[C@@H](NC(=O)c2ccccc2Cl)C(C)C)cc1. The van der Waals surface area contributed by atoms with E-state index in [1.54, 1.807) is 50.2 Å². The molecule has 0 aliphatic carbocycles. The predicted octanol–water partition coefficient (Wildman–Crippen LogP) is 3.97. The summed E-state index contributed by atoms with van der Waals surface area (Å²) in [6, 6.07) is 12.9. The van der Waals surface area contributed by atoms with E-state index in [0.717, 1.165) is 5.56 Å². The molecule has 7 heteroatoms. The summed E-state index contributed by atoms with van der Waals surface area (Å²) in [5.41, 5.74) is 1.94. The second-order valence-electron chi connectivity index (χ2n) is 7.11. The average molecular weight is 417 g/mol. The molecule has 2 atom stereocenters. The first-order valence-electron chi connectivity index (χ1n) is 9.32. The van der Waals surface area contributed by atoms with Crippen LogP contribution in [0.5, 0.6) is 0 Å². The molecule has 0 aromatic heterocycles. The van der Waals surface area contributed by atoms with Gasteiger partial charge in [-0.05, 0) is 44.0 Å². The molecule has 0 radical (unpaired) electrons. The zero-order valence-electron chi connectivity index (χ0n) is 16.9. The van der Waals surface area contributed by atoms with E-state index in [4.69, 9.17) is 16.3 Å². The lowest BCUT2D eigenvalue weighted by molar-refractivity contribution is -0.156. The topological polar surface area (TPSA) is 84.5 Å². The van der Waals surface area contributed by atoms with Gasteiger partial charge in [-0.3, -0.25) is 9.59 Å². The van der Waals surface area contributed by atoms with Crippen LogP contribution in [0.3, 0.4) is 0 Å². The minimum Gasteiger partial charge on any atom is -0.451 e. The summed E-state index contributed by atoms with van der Waals surface area (Å²) >= 11 is 6.04. The standard InChI is InChI=1S/C22H25ClN2O4/c1-13(2)19(25-21(27)17-7-5-6-8-18(17)23)22(28)29-15(4)20(26)24-16-11-9-14(3)10-12-16/h5-13,15,19H,1-4H3,(H,24,26)(H,25,27)/t15-,19+/m1/s1. The number of aryl methyl sites for hydroxylation is 1. The van der Waals surface area contributed by atoms with E-state index in [2.05, 4.69) is 10.6 Å². The Labute approximate surface area is 175 Å². The summed E-state index contributed by atoms with van der Waals surface area (Å²) in [5, 5.41) is 5.62. The molecule has 0 spiro atoms. The molecule has 0 aliphatic heterocycles. The number of carbonyl (C=O) groups excluding carboxylic acids is 3. The maximum absolute atomic E-state index is 12.6. The number of benzene rings is 2. The third-order valence-electron chi connectivity index (χ3n) is 4.31. The fourth-order valence-corrected chi connectivity index (χ4v) is 2.77. The highest BCUT2D eigenvalue weighted by molar-refractivity contribution is 6.33. The molecule has 0 saturated carbocycles. The number of esters is 1. The fraction of sp³-hybridized carbons (Fsp3) is 0.318. The third kappa shape index (κ3) is 6.32. The zero-order chi connectivity index (χ0) is 21.6. The summed E-state index contributed by atoms with van der Waals surface area (Å²) in [4.78, 5) is 37.4. The van der Waals surface area contributed by atoms with Crippen molar-refractivity contribution in [2.45, 2.75) is 39.8 Å². The maximum atomic E-state index is 12.6. The molecule has 0 unspecified atom stereocenters. The first kappa shape index (κ1) is 22.4. The van der Waals surface area contributed by atoms with Crippen LogP contribution in [0.1, 0.15) is 36.7 Å². The van der Waals surface area contributed by atoms with Crippen LogP contribution in [0.15, 0.2) is 48.5 Å². The second kappa shape index (κ2) is 10.1. The van der Waals surface area contributed by atoms with Crippen LogP contribution in [-0.4, -0.2) is 29.9 Å². The minimum absolute atomic E-state index is 0.249. The molecule has 29 heavy (non-hydrogen) atoms.